The highest BCUT2D eigenvalue weighted by atomic mass is 79.9. The zero-order valence-corrected chi connectivity index (χ0v) is 11.6. The number of hydrogen-bond acceptors (Lipinski definition) is 3. The lowest BCUT2D eigenvalue weighted by molar-refractivity contribution is 0.582. The third-order valence-corrected chi connectivity index (χ3v) is 4.19. The molecule has 6 nitrogen and oxygen atoms in total. The van der Waals surface area contributed by atoms with Crippen LogP contribution in [0.3, 0.4) is 0 Å². The number of halogens is 2. The van der Waals surface area contributed by atoms with Crippen LogP contribution in [0.4, 0.5) is 0 Å². The van der Waals surface area contributed by atoms with Gasteiger partial charge in [0.1, 0.15) is 4.90 Å². The van der Waals surface area contributed by atoms with Crippen LogP contribution < -0.4 is 4.72 Å². The number of rotatable bonds is 5. The van der Waals surface area contributed by atoms with Crippen molar-refractivity contribution in [3.05, 3.63) is 38.1 Å². The molecular formula is C8H8BrClN4O2S. The fourth-order valence-corrected chi connectivity index (χ4v) is 3.10. The Bertz CT molecular complexity index is 557. The van der Waals surface area contributed by atoms with Gasteiger partial charge < -0.3 is 0 Å². The molecule has 0 aromatic heterocycles. The summed E-state index contributed by atoms with van der Waals surface area (Å²) in [7, 11) is -3.67. The average molecular weight is 340 g/mol. The van der Waals surface area contributed by atoms with Gasteiger partial charge >= 0.3 is 0 Å². The van der Waals surface area contributed by atoms with Crippen molar-refractivity contribution >= 4 is 37.6 Å². The summed E-state index contributed by atoms with van der Waals surface area (Å²) in [5, 5.41) is 3.34. The maximum absolute atomic E-state index is 11.8. The average Bonchev–Trinajstić information content (AvgIpc) is 2.24. The predicted molar refractivity (Wildman–Crippen MR) is 68.4 cm³/mol. The molecule has 1 rings (SSSR count). The van der Waals surface area contributed by atoms with Crippen LogP contribution in [-0.4, -0.2) is 21.5 Å². The van der Waals surface area contributed by atoms with E-state index in [1.54, 1.807) is 6.07 Å². The Hall–Kier alpha value is -0.790. The van der Waals surface area contributed by atoms with E-state index in [0.29, 0.717) is 4.47 Å². The predicted octanol–water partition coefficient (Wildman–Crippen LogP) is 2.69. The van der Waals surface area contributed by atoms with Gasteiger partial charge in [0.25, 0.3) is 0 Å². The summed E-state index contributed by atoms with van der Waals surface area (Å²) in [6.07, 6.45) is 0. The second-order valence-corrected chi connectivity index (χ2v) is 5.99. The van der Waals surface area contributed by atoms with Gasteiger partial charge in [0.15, 0.2) is 0 Å². The van der Waals surface area contributed by atoms with Crippen molar-refractivity contribution in [1.29, 1.82) is 0 Å². The summed E-state index contributed by atoms with van der Waals surface area (Å²) in [4.78, 5) is 2.50. The van der Waals surface area contributed by atoms with Gasteiger partial charge in [-0.15, -0.1) is 0 Å². The van der Waals surface area contributed by atoms with E-state index < -0.39 is 10.0 Å². The lowest BCUT2D eigenvalue weighted by Gasteiger charge is -2.07. The third-order valence-electron chi connectivity index (χ3n) is 1.75. The molecule has 0 aliphatic rings. The van der Waals surface area contributed by atoms with Crippen LogP contribution in [0.5, 0.6) is 0 Å². The van der Waals surface area contributed by atoms with Crippen LogP contribution in [-0.2, 0) is 10.0 Å². The molecular weight excluding hydrogens is 332 g/mol. The van der Waals surface area contributed by atoms with E-state index in [-0.39, 0.29) is 23.0 Å². The van der Waals surface area contributed by atoms with Crippen LogP contribution >= 0.6 is 27.5 Å². The van der Waals surface area contributed by atoms with E-state index in [1.165, 1.54) is 12.1 Å². The van der Waals surface area contributed by atoms with E-state index >= 15 is 0 Å². The molecule has 0 bridgehead atoms. The van der Waals surface area contributed by atoms with Crippen LogP contribution in [0.15, 0.2) is 32.7 Å². The Labute approximate surface area is 112 Å². The number of sulfonamides is 1. The van der Waals surface area contributed by atoms with Crippen molar-refractivity contribution in [1.82, 2.24) is 4.72 Å². The fourth-order valence-electron chi connectivity index (χ4n) is 1.05. The van der Waals surface area contributed by atoms with Crippen LogP contribution in [0, 0.1) is 0 Å². The molecule has 0 aliphatic carbocycles. The first kappa shape index (κ1) is 14.3. The number of hydrogen-bond donors (Lipinski definition) is 1. The number of azide groups is 1. The van der Waals surface area contributed by atoms with Gasteiger partial charge in [0.05, 0.1) is 5.02 Å². The second kappa shape index (κ2) is 6.23. The molecule has 0 heterocycles. The van der Waals surface area contributed by atoms with Gasteiger partial charge in [0.2, 0.25) is 10.0 Å². The minimum atomic E-state index is -3.67. The van der Waals surface area contributed by atoms with E-state index in [0.717, 1.165) is 0 Å². The molecule has 0 aliphatic heterocycles. The van der Waals surface area contributed by atoms with Crippen molar-refractivity contribution < 1.29 is 8.42 Å². The summed E-state index contributed by atoms with van der Waals surface area (Å²) < 4.78 is 26.5. The molecule has 0 atom stereocenters. The molecule has 17 heavy (non-hydrogen) atoms. The van der Waals surface area contributed by atoms with Gasteiger partial charge in [0, 0.05) is 22.5 Å². The monoisotopic (exact) mass is 338 g/mol. The van der Waals surface area contributed by atoms with Gasteiger partial charge in [-0.2, -0.15) is 0 Å². The highest BCUT2D eigenvalue weighted by Gasteiger charge is 2.16. The maximum atomic E-state index is 11.8. The normalized spacial score (nSPS) is 10.9. The zero-order chi connectivity index (χ0) is 12.9. The Kier molecular flexibility index (Phi) is 5.23. The quantitative estimate of drug-likeness (QED) is 0.386. The molecule has 9 heteroatoms. The number of nitrogens with zero attached hydrogens (tertiary/aromatic N) is 3. The highest BCUT2D eigenvalue weighted by molar-refractivity contribution is 9.10. The molecule has 0 fully saturated rings. The van der Waals surface area contributed by atoms with Crippen molar-refractivity contribution in [3.8, 4) is 0 Å². The largest absolute Gasteiger partial charge is 0.242 e. The van der Waals surface area contributed by atoms with E-state index in [2.05, 4.69) is 30.7 Å². The minimum absolute atomic E-state index is 0.0108. The molecule has 0 unspecified atom stereocenters. The molecule has 1 N–H and O–H groups in total. The first-order chi connectivity index (χ1) is 7.97. The topological polar surface area (TPSA) is 94.9 Å². The van der Waals surface area contributed by atoms with Gasteiger partial charge in [-0.05, 0) is 23.7 Å². The van der Waals surface area contributed by atoms with Gasteiger partial charge in [-0.1, -0.05) is 32.6 Å². The lowest BCUT2D eigenvalue weighted by Crippen LogP contribution is -2.26. The van der Waals surface area contributed by atoms with Crippen LogP contribution in [0.25, 0.3) is 10.4 Å². The Balaban J connectivity index is 2.86. The lowest BCUT2D eigenvalue weighted by atomic mass is 10.4. The molecule has 0 amide bonds. The Morgan fingerprint density at radius 1 is 1.53 bits per heavy atom. The molecule has 92 valence electrons. The van der Waals surface area contributed by atoms with Crippen molar-refractivity contribution in [2.75, 3.05) is 13.1 Å². The molecule has 0 radical (unpaired) electrons. The summed E-state index contributed by atoms with van der Waals surface area (Å²) in [6, 6.07) is 4.46. The van der Waals surface area contributed by atoms with Crippen LogP contribution in [0.2, 0.25) is 5.02 Å². The summed E-state index contributed by atoms with van der Waals surface area (Å²) in [6.45, 7) is 0.0721. The summed E-state index contributed by atoms with van der Waals surface area (Å²) in [5.41, 5.74) is 8.04. The van der Waals surface area contributed by atoms with Gasteiger partial charge in [-0.3, -0.25) is 0 Å². The molecule has 0 saturated heterocycles. The molecule has 1 aromatic rings. The molecule has 0 saturated carbocycles. The van der Waals surface area contributed by atoms with Crippen LogP contribution in [0.1, 0.15) is 0 Å². The zero-order valence-electron chi connectivity index (χ0n) is 8.47. The second-order valence-electron chi connectivity index (χ2n) is 2.93. The van der Waals surface area contributed by atoms with Gasteiger partial charge in [-0.25, -0.2) is 13.1 Å². The Morgan fingerprint density at radius 3 is 2.82 bits per heavy atom. The summed E-state index contributed by atoms with van der Waals surface area (Å²) in [5.74, 6) is 0. The maximum Gasteiger partial charge on any atom is 0.242 e. The number of benzene rings is 1. The first-order valence-corrected chi connectivity index (χ1v) is 7.08. The Morgan fingerprint density at radius 2 is 2.24 bits per heavy atom. The van der Waals surface area contributed by atoms with E-state index in [9.17, 15) is 8.42 Å². The van der Waals surface area contributed by atoms with E-state index in [1.807, 2.05) is 0 Å². The number of nitrogens with one attached hydrogen (secondary N) is 1. The SMILES string of the molecule is [N-]=[N+]=NCCNS(=O)(=O)c1ccc(Br)cc1Cl. The smallest absolute Gasteiger partial charge is 0.211 e. The first-order valence-electron chi connectivity index (χ1n) is 4.43. The highest BCUT2D eigenvalue weighted by Crippen LogP contribution is 2.24. The minimum Gasteiger partial charge on any atom is -0.211 e. The standard InChI is InChI=1S/C8H8BrClN4O2S/c9-6-1-2-8(7(10)5-6)17(15,16)13-4-3-12-14-11/h1-2,5,13H,3-4H2. The summed E-state index contributed by atoms with van der Waals surface area (Å²) >= 11 is 9.00. The third kappa shape index (κ3) is 4.18. The fraction of sp³-hybridized carbons (Fsp3) is 0.250. The van der Waals surface area contributed by atoms with Crippen molar-refractivity contribution in [2.24, 2.45) is 5.11 Å². The van der Waals surface area contributed by atoms with Crippen molar-refractivity contribution in [2.45, 2.75) is 4.90 Å². The molecule has 1 aromatic carbocycles. The van der Waals surface area contributed by atoms with E-state index in [4.69, 9.17) is 17.1 Å². The molecule has 0 spiro atoms. The van der Waals surface area contributed by atoms with Crippen molar-refractivity contribution in [3.63, 3.8) is 0 Å².